The monoisotopic (exact) mass is 290 g/mol. The highest BCUT2D eigenvalue weighted by Crippen LogP contribution is 2.35. The van der Waals surface area contributed by atoms with Crippen molar-refractivity contribution in [3.8, 4) is 0 Å². The molecule has 2 aromatic rings. The number of hydrogen-bond acceptors (Lipinski definition) is 1. The Morgan fingerprint density at radius 1 is 0.909 bits per heavy atom. The van der Waals surface area contributed by atoms with Gasteiger partial charge in [0.1, 0.15) is 5.78 Å². The molecule has 0 radical (unpaired) electrons. The predicted molar refractivity (Wildman–Crippen MR) is 91.6 cm³/mol. The molecule has 1 saturated carbocycles. The van der Waals surface area contributed by atoms with Crippen LogP contribution in [0.2, 0.25) is 0 Å². The molecule has 1 heteroatoms. The molecule has 0 N–H and O–H groups in total. The maximum Gasteiger partial charge on any atom is 0.136 e. The van der Waals surface area contributed by atoms with E-state index in [2.05, 4.69) is 48.6 Å². The number of ketones is 1. The predicted octanol–water partition coefficient (Wildman–Crippen LogP) is 5.24. The van der Waals surface area contributed by atoms with Gasteiger partial charge in [-0.05, 0) is 24.0 Å². The zero-order chi connectivity index (χ0) is 15.2. The summed E-state index contributed by atoms with van der Waals surface area (Å²) >= 11 is 0. The maximum absolute atomic E-state index is 12.4. The van der Waals surface area contributed by atoms with Crippen molar-refractivity contribution in [1.29, 1.82) is 0 Å². The van der Waals surface area contributed by atoms with E-state index >= 15 is 0 Å². The molecular formula is C21H22O. The Morgan fingerprint density at radius 3 is 2.27 bits per heavy atom. The van der Waals surface area contributed by atoms with E-state index in [0.717, 1.165) is 19.3 Å². The summed E-state index contributed by atoms with van der Waals surface area (Å²) < 4.78 is 0. The van der Waals surface area contributed by atoms with Gasteiger partial charge in [-0.25, -0.2) is 0 Å². The van der Waals surface area contributed by atoms with Gasteiger partial charge in [0.15, 0.2) is 0 Å². The smallest absolute Gasteiger partial charge is 0.136 e. The maximum atomic E-state index is 12.4. The van der Waals surface area contributed by atoms with Gasteiger partial charge in [-0.2, -0.15) is 0 Å². The summed E-state index contributed by atoms with van der Waals surface area (Å²) in [6.07, 6.45) is 8.35. The normalized spacial score (nSPS) is 20.2. The van der Waals surface area contributed by atoms with Crippen LogP contribution in [0.1, 0.15) is 42.7 Å². The SMILES string of the molecule is O=C1CCCCC1C(/C=C/c1ccccc1)c1ccccc1. The summed E-state index contributed by atoms with van der Waals surface area (Å²) in [5.41, 5.74) is 2.43. The topological polar surface area (TPSA) is 17.1 Å². The van der Waals surface area contributed by atoms with Gasteiger partial charge in [-0.3, -0.25) is 4.79 Å². The van der Waals surface area contributed by atoms with Crippen LogP contribution < -0.4 is 0 Å². The quantitative estimate of drug-likeness (QED) is 0.752. The fourth-order valence-electron chi connectivity index (χ4n) is 3.32. The Balaban J connectivity index is 1.89. The van der Waals surface area contributed by atoms with Crippen LogP contribution in [0.4, 0.5) is 0 Å². The molecule has 0 spiro atoms. The van der Waals surface area contributed by atoms with Gasteiger partial charge < -0.3 is 0 Å². The average molecular weight is 290 g/mol. The second-order valence-electron chi connectivity index (χ2n) is 6.02. The number of carbonyl (C=O) groups is 1. The molecule has 0 heterocycles. The molecule has 2 unspecified atom stereocenters. The molecule has 2 atom stereocenters. The molecule has 0 aromatic heterocycles. The Kier molecular flexibility index (Phi) is 4.85. The molecule has 22 heavy (non-hydrogen) atoms. The summed E-state index contributed by atoms with van der Waals surface area (Å²) in [5, 5.41) is 0. The third kappa shape index (κ3) is 3.54. The van der Waals surface area contributed by atoms with Crippen molar-refractivity contribution in [2.45, 2.75) is 31.6 Å². The number of rotatable bonds is 4. The zero-order valence-corrected chi connectivity index (χ0v) is 12.8. The number of Topliss-reactive ketones (excluding diaryl/α,β-unsaturated/α-hetero) is 1. The van der Waals surface area contributed by atoms with Crippen molar-refractivity contribution < 1.29 is 4.79 Å². The van der Waals surface area contributed by atoms with Crippen molar-refractivity contribution in [2.24, 2.45) is 5.92 Å². The largest absolute Gasteiger partial charge is 0.299 e. The van der Waals surface area contributed by atoms with Gasteiger partial charge in [-0.1, -0.05) is 79.2 Å². The van der Waals surface area contributed by atoms with Crippen LogP contribution in [0.15, 0.2) is 66.7 Å². The molecule has 0 amide bonds. The van der Waals surface area contributed by atoms with E-state index in [4.69, 9.17) is 0 Å². The minimum atomic E-state index is 0.135. The number of carbonyl (C=O) groups excluding carboxylic acids is 1. The third-order valence-electron chi connectivity index (χ3n) is 4.52. The van der Waals surface area contributed by atoms with Gasteiger partial charge >= 0.3 is 0 Å². The lowest BCUT2D eigenvalue weighted by molar-refractivity contribution is -0.124. The van der Waals surface area contributed by atoms with Gasteiger partial charge in [0.25, 0.3) is 0 Å². The van der Waals surface area contributed by atoms with E-state index < -0.39 is 0 Å². The summed E-state index contributed by atoms with van der Waals surface area (Å²) in [7, 11) is 0. The van der Waals surface area contributed by atoms with E-state index in [-0.39, 0.29) is 11.8 Å². The van der Waals surface area contributed by atoms with E-state index in [9.17, 15) is 4.79 Å². The number of benzene rings is 2. The van der Waals surface area contributed by atoms with Crippen molar-refractivity contribution in [2.75, 3.05) is 0 Å². The summed E-state index contributed by atoms with van der Waals surface area (Å²) in [5.74, 6) is 0.753. The summed E-state index contributed by atoms with van der Waals surface area (Å²) in [6.45, 7) is 0. The second kappa shape index (κ2) is 7.22. The first-order chi connectivity index (χ1) is 10.8. The third-order valence-corrected chi connectivity index (χ3v) is 4.52. The van der Waals surface area contributed by atoms with Crippen LogP contribution >= 0.6 is 0 Å². The van der Waals surface area contributed by atoms with Crippen LogP contribution in [-0.2, 0) is 4.79 Å². The van der Waals surface area contributed by atoms with Crippen LogP contribution in [0, 0.1) is 5.92 Å². The summed E-state index contributed by atoms with van der Waals surface area (Å²) in [6, 6.07) is 20.7. The minimum Gasteiger partial charge on any atom is -0.299 e. The minimum absolute atomic E-state index is 0.135. The highest BCUT2D eigenvalue weighted by molar-refractivity contribution is 5.83. The summed E-state index contributed by atoms with van der Waals surface area (Å²) in [4.78, 5) is 12.4. The molecule has 1 nitrogen and oxygen atoms in total. The lowest BCUT2D eigenvalue weighted by Crippen LogP contribution is -2.24. The van der Waals surface area contributed by atoms with Gasteiger partial charge in [0.05, 0.1) is 0 Å². The van der Waals surface area contributed by atoms with Crippen LogP contribution in [0.5, 0.6) is 0 Å². The highest BCUT2D eigenvalue weighted by atomic mass is 16.1. The zero-order valence-electron chi connectivity index (χ0n) is 12.8. The fraction of sp³-hybridized carbons (Fsp3) is 0.286. The molecule has 0 aliphatic heterocycles. The first-order valence-corrected chi connectivity index (χ1v) is 8.15. The average Bonchev–Trinajstić information content (AvgIpc) is 2.58. The van der Waals surface area contributed by atoms with Crippen LogP contribution in [0.3, 0.4) is 0 Å². The Bertz CT molecular complexity index is 627. The van der Waals surface area contributed by atoms with Gasteiger partial charge in [-0.15, -0.1) is 0 Å². The molecule has 0 saturated heterocycles. The molecular weight excluding hydrogens is 268 g/mol. The second-order valence-corrected chi connectivity index (χ2v) is 6.02. The van der Waals surface area contributed by atoms with Crippen molar-refractivity contribution >= 4 is 11.9 Å². The Morgan fingerprint density at radius 2 is 1.59 bits per heavy atom. The van der Waals surface area contributed by atoms with Crippen molar-refractivity contribution in [3.05, 3.63) is 77.9 Å². The number of allylic oxidation sites excluding steroid dienone is 1. The first-order valence-electron chi connectivity index (χ1n) is 8.15. The fourth-order valence-corrected chi connectivity index (χ4v) is 3.32. The highest BCUT2D eigenvalue weighted by Gasteiger charge is 2.29. The molecule has 1 fully saturated rings. The molecule has 3 rings (SSSR count). The van der Waals surface area contributed by atoms with Gasteiger partial charge in [0.2, 0.25) is 0 Å². The lowest BCUT2D eigenvalue weighted by Gasteiger charge is -2.27. The van der Waals surface area contributed by atoms with E-state index in [1.807, 2.05) is 24.3 Å². The Labute approximate surface area is 132 Å². The first kappa shape index (κ1) is 14.8. The van der Waals surface area contributed by atoms with Crippen molar-refractivity contribution in [3.63, 3.8) is 0 Å². The Hall–Kier alpha value is -2.15. The van der Waals surface area contributed by atoms with Gasteiger partial charge in [0, 0.05) is 18.3 Å². The van der Waals surface area contributed by atoms with E-state index in [1.165, 1.54) is 17.5 Å². The van der Waals surface area contributed by atoms with E-state index in [1.54, 1.807) is 0 Å². The molecule has 1 aliphatic carbocycles. The standard InChI is InChI=1S/C21H22O/c22-21-14-8-7-13-20(21)19(18-11-5-2-6-12-18)16-15-17-9-3-1-4-10-17/h1-6,9-12,15-16,19-20H,7-8,13-14H2/b16-15+. The molecule has 1 aliphatic rings. The van der Waals surface area contributed by atoms with E-state index in [0.29, 0.717) is 5.78 Å². The molecule has 2 aromatic carbocycles. The number of hydrogen-bond donors (Lipinski definition) is 0. The lowest BCUT2D eigenvalue weighted by atomic mass is 9.75. The van der Waals surface area contributed by atoms with Crippen LogP contribution in [-0.4, -0.2) is 5.78 Å². The molecule has 0 bridgehead atoms. The van der Waals surface area contributed by atoms with Crippen molar-refractivity contribution in [1.82, 2.24) is 0 Å². The molecule has 112 valence electrons. The van der Waals surface area contributed by atoms with Crippen LogP contribution in [0.25, 0.3) is 6.08 Å².